The second kappa shape index (κ2) is 7.09. The Morgan fingerprint density at radius 1 is 1.14 bits per heavy atom. The second-order valence-corrected chi connectivity index (χ2v) is 9.54. The van der Waals surface area contributed by atoms with E-state index in [-0.39, 0.29) is 26.9 Å². The molecule has 0 spiro atoms. The molecular formula is C17H14ClF3N2O3S2. The molecule has 0 saturated heterocycles. The number of nitrogens with one attached hydrogen (secondary N) is 1. The molecule has 2 aromatic heterocycles. The highest BCUT2D eigenvalue weighted by Crippen LogP contribution is 2.41. The van der Waals surface area contributed by atoms with Gasteiger partial charge in [0, 0.05) is 21.4 Å². The van der Waals surface area contributed by atoms with Gasteiger partial charge in [-0.05, 0) is 38.5 Å². The van der Waals surface area contributed by atoms with Crippen molar-refractivity contribution in [2.24, 2.45) is 0 Å². The highest BCUT2D eigenvalue weighted by molar-refractivity contribution is 7.93. The lowest BCUT2D eigenvalue weighted by atomic mass is 10.1. The molecule has 2 heterocycles. The predicted molar refractivity (Wildman–Crippen MR) is 101 cm³/mol. The summed E-state index contributed by atoms with van der Waals surface area (Å²) in [5.74, 6) is -1.30. The molecule has 0 saturated carbocycles. The number of nitrogens with zero attached hydrogens (tertiary/aromatic N) is 1. The van der Waals surface area contributed by atoms with Crippen LogP contribution in [0.3, 0.4) is 0 Å². The standard InChI is InChI=1S/C17H14ClF3N2O3S2/c1-8-4-5-12(11(18)6-8)23-28(24,25)16-10(3)27-9(2)15(16)13-7-14(26-22-13)17(19,20)21/h4-7,23H,1-3H3. The first-order chi connectivity index (χ1) is 12.9. The molecule has 5 nitrogen and oxygen atoms in total. The number of aryl methyl sites for hydroxylation is 3. The average molecular weight is 451 g/mol. The maximum Gasteiger partial charge on any atom is 0.452 e. The SMILES string of the molecule is Cc1ccc(NS(=O)(=O)c2c(C)sc(C)c2-c2cc(C(F)(F)F)on2)c(Cl)c1. The molecule has 0 atom stereocenters. The number of aromatic nitrogens is 1. The number of thiophene rings is 1. The molecule has 0 aliphatic heterocycles. The fourth-order valence-corrected chi connectivity index (χ4v) is 6.00. The van der Waals surface area contributed by atoms with Crippen molar-refractivity contribution in [2.75, 3.05) is 4.72 Å². The van der Waals surface area contributed by atoms with Crippen LogP contribution in [-0.2, 0) is 16.2 Å². The average Bonchev–Trinajstić information content (AvgIpc) is 3.14. The van der Waals surface area contributed by atoms with Gasteiger partial charge in [-0.25, -0.2) is 8.42 Å². The molecule has 1 aromatic carbocycles. The van der Waals surface area contributed by atoms with Crippen molar-refractivity contribution in [3.63, 3.8) is 0 Å². The van der Waals surface area contributed by atoms with Crippen molar-refractivity contribution in [3.05, 3.63) is 50.4 Å². The summed E-state index contributed by atoms with van der Waals surface area (Å²) in [6, 6.07) is 5.48. The van der Waals surface area contributed by atoms with Gasteiger partial charge in [-0.15, -0.1) is 11.3 Å². The van der Waals surface area contributed by atoms with Gasteiger partial charge in [0.15, 0.2) is 0 Å². The van der Waals surface area contributed by atoms with E-state index in [0.29, 0.717) is 15.8 Å². The highest BCUT2D eigenvalue weighted by atomic mass is 35.5. The molecule has 3 aromatic rings. The minimum Gasteiger partial charge on any atom is -0.351 e. The Morgan fingerprint density at radius 2 is 1.82 bits per heavy atom. The van der Waals surface area contributed by atoms with E-state index < -0.39 is 22.0 Å². The van der Waals surface area contributed by atoms with Gasteiger partial charge in [0.2, 0.25) is 5.76 Å². The summed E-state index contributed by atoms with van der Waals surface area (Å²) in [4.78, 5) is 0.739. The van der Waals surface area contributed by atoms with Crippen molar-refractivity contribution >= 4 is 38.6 Å². The van der Waals surface area contributed by atoms with E-state index in [1.165, 1.54) is 6.07 Å². The summed E-state index contributed by atoms with van der Waals surface area (Å²) >= 11 is 7.24. The summed E-state index contributed by atoms with van der Waals surface area (Å²) in [6.07, 6.45) is -4.73. The molecule has 11 heteroatoms. The lowest BCUT2D eigenvalue weighted by molar-refractivity contribution is -0.155. The molecule has 150 valence electrons. The van der Waals surface area contributed by atoms with Crippen molar-refractivity contribution in [1.82, 2.24) is 5.16 Å². The van der Waals surface area contributed by atoms with E-state index >= 15 is 0 Å². The van der Waals surface area contributed by atoms with Crippen LogP contribution in [-0.4, -0.2) is 13.6 Å². The predicted octanol–water partition coefficient (Wildman–Crippen LogP) is 5.80. The molecule has 0 aliphatic carbocycles. The van der Waals surface area contributed by atoms with Crippen molar-refractivity contribution in [1.29, 1.82) is 0 Å². The highest BCUT2D eigenvalue weighted by Gasteiger charge is 2.37. The van der Waals surface area contributed by atoms with Crippen LogP contribution in [0.1, 0.15) is 21.1 Å². The zero-order chi connectivity index (χ0) is 20.9. The first-order valence-corrected chi connectivity index (χ1v) is 10.5. The fraction of sp³-hybridized carbons (Fsp3) is 0.235. The third-order valence-corrected chi connectivity index (χ3v) is 6.89. The van der Waals surface area contributed by atoms with Gasteiger partial charge in [0.1, 0.15) is 10.6 Å². The normalized spacial score (nSPS) is 12.4. The topological polar surface area (TPSA) is 72.2 Å². The van der Waals surface area contributed by atoms with Gasteiger partial charge < -0.3 is 4.52 Å². The Bertz CT molecular complexity index is 1150. The number of hydrogen-bond donors (Lipinski definition) is 1. The fourth-order valence-electron chi connectivity index (χ4n) is 2.71. The lowest BCUT2D eigenvalue weighted by Crippen LogP contribution is -2.14. The Labute approximate surface area is 168 Å². The lowest BCUT2D eigenvalue weighted by Gasteiger charge is -2.11. The van der Waals surface area contributed by atoms with Crippen molar-refractivity contribution in [3.8, 4) is 11.3 Å². The summed E-state index contributed by atoms with van der Waals surface area (Å²) in [6.45, 7) is 4.97. The Hall–Kier alpha value is -2.04. The second-order valence-electron chi connectivity index (χ2n) is 6.08. The Balaban J connectivity index is 2.11. The molecule has 0 aliphatic rings. The number of hydrogen-bond acceptors (Lipinski definition) is 5. The first kappa shape index (κ1) is 20.7. The van der Waals surface area contributed by atoms with Gasteiger partial charge in [-0.1, -0.05) is 22.8 Å². The molecule has 1 N–H and O–H groups in total. The van der Waals surface area contributed by atoms with Crippen LogP contribution >= 0.6 is 22.9 Å². The zero-order valence-corrected chi connectivity index (χ0v) is 17.2. The maximum absolute atomic E-state index is 13.0. The zero-order valence-electron chi connectivity index (χ0n) is 14.8. The van der Waals surface area contributed by atoms with Crippen LogP contribution in [0.25, 0.3) is 11.3 Å². The number of halogens is 4. The number of sulfonamides is 1. The largest absolute Gasteiger partial charge is 0.452 e. The maximum atomic E-state index is 13.0. The van der Waals surface area contributed by atoms with Crippen molar-refractivity contribution < 1.29 is 26.1 Å². The molecule has 0 bridgehead atoms. The smallest absolute Gasteiger partial charge is 0.351 e. The Morgan fingerprint density at radius 3 is 2.39 bits per heavy atom. The summed E-state index contributed by atoms with van der Waals surface area (Å²) < 4.78 is 71.3. The van der Waals surface area contributed by atoms with E-state index in [0.717, 1.165) is 16.9 Å². The molecule has 28 heavy (non-hydrogen) atoms. The minimum atomic E-state index is -4.73. The quantitative estimate of drug-likeness (QED) is 0.545. The van der Waals surface area contributed by atoms with Gasteiger partial charge in [0.05, 0.1) is 10.7 Å². The van der Waals surface area contributed by atoms with Crippen LogP contribution in [0.5, 0.6) is 0 Å². The third kappa shape index (κ3) is 3.89. The summed E-state index contributed by atoms with van der Waals surface area (Å²) in [5, 5.41) is 3.63. The summed E-state index contributed by atoms with van der Waals surface area (Å²) in [5.41, 5.74) is 0.873. The van der Waals surface area contributed by atoms with Crippen molar-refractivity contribution in [2.45, 2.75) is 31.8 Å². The van der Waals surface area contributed by atoms with E-state index in [2.05, 4.69) is 14.4 Å². The van der Waals surface area contributed by atoms with Crippen LogP contribution < -0.4 is 4.72 Å². The number of alkyl halides is 3. The van der Waals surface area contributed by atoms with Crippen LogP contribution in [0, 0.1) is 20.8 Å². The van der Waals surface area contributed by atoms with Gasteiger partial charge >= 0.3 is 6.18 Å². The Kier molecular flexibility index (Phi) is 5.24. The molecular weight excluding hydrogens is 437 g/mol. The van der Waals surface area contributed by atoms with Gasteiger partial charge in [0.25, 0.3) is 10.0 Å². The monoisotopic (exact) mass is 450 g/mol. The van der Waals surface area contributed by atoms with Gasteiger partial charge in [-0.2, -0.15) is 13.2 Å². The van der Waals surface area contributed by atoms with E-state index in [1.807, 2.05) is 0 Å². The van der Waals surface area contributed by atoms with E-state index in [1.54, 1.807) is 32.9 Å². The molecule has 0 unspecified atom stereocenters. The van der Waals surface area contributed by atoms with Gasteiger partial charge in [-0.3, -0.25) is 4.72 Å². The third-order valence-electron chi connectivity index (χ3n) is 3.89. The number of benzene rings is 1. The van der Waals surface area contributed by atoms with E-state index in [9.17, 15) is 21.6 Å². The summed E-state index contributed by atoms with van der Waals surface area (Å²) in [7, 11) is -4.15. The first-order valence-electron chi connectivity index (χ1n) is 7.83. The molecule has 0 radical (unpaired) electrons. The van der Waals surface area contributed by atoms with Crippen LogP contribution in [0.4, 0.5) is 18.9 Å². The van der Waals surface area contributed by atoms with E-state index in [4.69, 9.17) is 11.6 Å². The molecule has 0 fully saturated rings. The molecule has 3 rings (SSSR count). The molecule has 0 amide bonds. The number of rotatable bonds is 4. The minimum absolute atomic E-state index is 0.0671. The van der Waals surface area contributed by atoms with Crippen LogP contribution in [0.15, 0.2) is 33.7 Å². The van der Waals surface area contributed by atoms with Crippen LogP contribution in [0.2, 0.25) is 5.02 Å². The number of anilines is 1.